The van der Waals surface area contributed by atoms with Crippen molar-refractivity contribution in [1.29, 1.82) is 0 Å². The van der Waals surface area contributed by atoms with Crippen molar-refractivity contribution in [2.24, 2.45) is 0 Å². The molecule has 0 amide bonds. The van der Waals surface area contributed by atoms with Crippen LogP contribution in [0.5, 0.6) is 0 Å². The summed E-state index contributed by atoms with van der Waals surface area (Å²) in [5.74, 6) is -0.203. The van der Waals surface area contributed by atoms with Crippen LogP contribution in [0.2, 0.25) is 0 Å². The molecule has 0 fully saturated rings. The molecule has 0 bridgehead atoms. The van der Waals surface area contributed by atoms with Crippen molar-refractivity contribution in [3.05, 3.63) is 57.8 Å². The first-order valence-corrected chi connectivity index (χ1v) is 7.04. The number of nitrogens with one attached hydrogen (secondary N) is 1. The molecule has 0 unspecified atom stereocenters. The topological polar surface area (TPSA) is 38.3 Å². The second-order valence-electron chi connectivity index (χ2n) is 4.20. The number of benzene rings is 1. The van der Waals surface area contributed by atoms with Crippen molar-refractivity contribution in [3.8, 4) is 0 Å². The fourth-order valence-corrected chi connectivity index (χ4v) is 2.54. The second kappa shape index (κ2) is 7.07. The maximum atomic E-state index is 11.4. The van der Waals surface area contributed by atoms with Gasteiger partial charge in [0.1, 0.15) is 0 Å². The van der Waals surface area contributed by atoms with Gasteiger partial charge in [-0.05, 0) is 22.6 Å². The Morgan fingerprint density at radius 1 is 1.16 bits per heavy atom. The Hall–Kier alpha value is -1.65. The Labute approximate surface area is 117 Å². The molecule has 1 N–H and O–H groups in total. The van der Waals surface area contributed by atoms with Gasteiger partial charge in [-0.3, -0.25) is 4.79 Å². The molecule has 0 radical (unpaired) electrons. The third kappa shape index (κ3) is 4.19. The average molecular weight is 275 g/mol. The van der Waals surface area contributed by atoms with Crippen LogP contribution in [0, 0.1) is 0 Å². The number of thiophene rings is 1. The average Bonchev–Trinajstić information content (AvgIpc) is 2.94. The number of hydrogen-bond acceptors (Lipinski definition) is 4. The van der Waals surface area contributed by atoms with Gasteiger partial charge >= 0.3 is 5.97 Å². The van der Waals surface area contributed by atoms with Gasteiger partial charge in [0.15, 0.2) is 0 Å². The molecule has 0 aliphatic carbocycles. The van der Waals surface area contributed by atoms with Crippen molar-refractivity contribution in [3.63, 3.8) is 0 Å². The normalized spacial score (nSPS) is 10.4. The van der Waals surface area contributed by atoms with Crippen molar-refractivity contribution >= 4 is 17.3 Å². The number of hydrogen-bond donors (Lipinski definition) is 1. The summed E-state index contributed by atoms with van der Waals surface area (Å²) in [6.07, 6.45) is 0.327. The van der Waals surface area contributed by atoms with Crippen LogP contribution in [0.4, 0.5) is 0 Å². The molecule has 0 saturated heterocycles. The molecule has 0 aliphatic rings. The zero-order valence-electron chi connectivity index (χ0n) is 10.9. The molecular weight excluding hydrogens is 258 g/mol. The highest BCUT2D eigenvalue weighted by atomic mass is 32.1. The van der Waals surface area contributed by atoms with Crippen LogP contribution in [0.25, 0.3) is 0 Å². The zero-order chi connectivity index (χ0) is 13.5. The molecule has 1 aromatic carbocycles. The van der Waals surface area contributed by atoms with Crippen molar-refractivity contribution in [1.82, 2.24) is 5.32 Å². The van der Waals surface area contributed by atoms with E-state index in [0.717, 1.165) is 24.2 Å². The number of carbonyl (C=O) groups excluding carboxylic acids is 1. The van der Waals surface area contributed by atoms with E-state index in [-0.39, 0.29) is 5.97 Å². The van der Waals surface area contributed by atoms with Gasteiger partial charge in [-0.15, -0.1) is 11.3 Å². The van der Waals surface area contributed by atoms with Gasteiger partial charge in [-0.1, -0.05) is 30.3 Å². The predicted molar refractivity (Wildman–Crippen MR) is 77.0 cm³/mol. The van der Waals surface area contributed by atoms with E-state index >= 15 is 0 Å². The fraction of sp³-hybridized carbons (Fsp3) is 0.267. The van der Waals surface area contributed by atoms with Crippen LogP contribution >= 0.6 is 11.3 Å². The molecule has 100 valence electrons. The van der Waals surface area contributed by atoms with Crippen LogP contribution in [-0.2, 0) is 29.0 Å². The summed E-state index contributed by atoms with van der Waals surface area (Å²) in [5, 5.41) is 5.47. The minimum Gasteiger partial charge on any atom is -0.469 e. The lowest BCUT2D eigenvalue weighted by atomic mass is 10.0. The number of ether oxygens (including phenoxy) is 1. The quantitative estimate of drug-likeness (QED) is 0.824. The van der Waals surface area contributed by atoms with E-state index in [1.54, 1.807) is 11.3 Å². The molecule has 2 rings (SSSR count). The molecule has 1 heterocycles. The van der Waals surface area contributed by atoms with E-state index in [9.17, 15) is 4.79 Å². The highest BCUT2D eigenvalue weighted by Crippen LogP contribution is 2.12. The van der Waals surface area contributed by atoms with E-state index in [2.05, 4.69) is 16.8 Å². The Balaban J connectivity index is 1.93. The first-order chi connectivity index (χ1) is 9.29. The minimum absolute atomic E-state index is 0.203. The number of carbonyl (C=O) groups is 1. The van der Waals surface area contributed by atoms with Gasteiger partial charge in [-0.2, -0.15) is 0 Å². The highest BCUT2D eigenvalue weighted by Gasteiger charge is 2.07. The van der Waals surface area contributed by atoms with Crippen LogP contribution in [0.1, 0.15) is 16.0 Å². The van der Waals surface area contributed by atoms with E-state index in [1.165, 1.54) is 12.0 Å². The summed E-state index contributed by atoms with van der Waals surface area (Å²) < 4.78 is 4.71. The monoisotopic (exact) mass is 275 g/mol. The molecule has 0 aliphatic heterocycles. The molecule has 1 aromatic heterocycles. The zero-order valence-corrected chi connectivity index (χ0v) is 11.7. The molecule has 0 saturated carbocycles. The van der Waals surface area contributed by atoms with E-state index in [4.69, 9.17) is 4.74 Å². The van der Waals surface area contributed by atoms with Crippen LogP contribution in [0.3, 0.4) is 0 Å². The second-order valence-corrected chi connectivity index (χ2v) is 5.24. The maximum absolute atomic E-state index is 11.4. The lowest BCUT2D eigenvalue weighted by Gasteiger charge is -2.09. The van der Waals surface area contributed by atoms with Gasteiger partial charge in [0.2, 0.25) is 0 Å². The van der Waals surface area contributed by atoms with Gasteiger partial charge in [-0.25, -0.2) is 0 Å². The summed E-state index contributed by atoms with van der Waals surface area (Å²) in [5.41, 5.74) is 2.16. The SMILES string of the molecule is COC(=O)Cc1ccccc1CNCc1cccs1. The van der Waals surface area contributed by atoms with Gasteiger partial charge < -0.3 is 10.1 Å². The molecular formula is C15H17NO2S. The smallest absolute Gasteiger partial charge is 0.309 e. The summed E-state index contributed by atoms with van der Waals surface area (Å²) in [6, 6.07) is 12.1. The Bertz CT molecular complexity index is 523. The molecule has 19 heavy (non-hydrogen) atoms. The lowest BCUT2D eigenvalue weighted by Crippen LogP contribution is -2.14. The first-order valence-electron chi connectivity index (χ1n) is 6.16. The van der Waals surface area contributed by atoms with Gasteiger partial charge in [0, 0.05) is 18.0 Å². The number of rotatable bonds is 6. The Morgan fingerprint density at radius 2 is 1.95 bits per heavy atom. The van der Waals surface area contributed by atoms with Crippen LogP contribution in [-0.4, -0.2) is 13.1 Å². The highest BCUT2D eigenvalue weighted by molar-refractivity contribution is 7.09. The van der Waals surface area contributed by atoms with Crippen LogP contribution < -0.4 is 5.32 Å². The Morgan fingerprint density at radius 3 is 2.63 bits per heavy atom. The third-order valence-corrected chi connectivity index (χ3v) is 3.75. The minimum atomic E-state index is -0.203. The summed E-state index contributed by atoms with van der Waals surface area (Å²) >= 11 is 1.74. The summed E-state index contributed by atoms with van der Waals surface area (Å²) in [7, 11) is 1.42. The van der Waals surface area contributed by atoms with Crippen LogP contribution in [0.15, 0.2) is 41.8 Å². The third-order valence-electron chi connectivity index (χ3n) is 2.88. The predicted octanol–water partition coefficient (Wildman–Crippen LogP) is 2.75. The molecule has 4 heteroatoms. The van der Waals surface area contributed by atoms with E-state index < -0.39 is 0 Å². The van der Waals surface area contributed by atoms with E-state index in [1.807, 2.05) is 30.3 Å². The largest absolute Gasteiger partial charge is 0.469 e. The summed E-state index contributed by atoms with van der Waals surface area (Å²) in [4.78, 5) is 12.7. The van der Waals surface area contributed by atoms with Crippen molar-refractivity contribution in [2.75, 3.05) is 7.11 Å². The Kier molecular flexibility index (Phi) is 5.12. The molecule has 0 spiro atoms. The van der Waals surface area contributed by atoms with Gasteiger partial charge in [0.05, 0.1) is 13.5 Å². The molecule has 3 nitrogen and oxygen atoms in total. The van der Waals surface area contributed by atoms with Gasteiger partial charge in [0.25, 0.3) is 0 Å². The van der Waals surface area contributed by atoms with E-state index in [0.29, 0.717) is 6.42 Å². The fourth-order valence-electron chi connectivity index (χ4n) is 1.86. The maximum Gasteiger partial charge on any atom is 0.309 e. The van der Waals surface area contributed by atoms with Crippen molar-refractivity contribution in [2.45, 2.75) is 19.5 Å². The molecule has 0 atom stereocenters. The number of esters is 1. The number of methoxy groups -OCH3 is 1. The standard InChI is InChI=1S/C15H17NO2S/c1-18-15(17)9-12-5-2-3-6-13(12)10-16-11-14-7-4-8-19-14/h2-8,16H,9-11H2,1H3. The van der Waals surface area contributed by atoms with Crippen molar-refractivity contribution < 1.29 is 9.53 Å². The molecule has 2 aromatic rings. The summed E-state index contributed by atoms with van der Waals surface area (Å²) in [6.45, 7) is 1.61. The lowest BCUT2D eigenvalue weighted by molar-refractivity contribution is -0.139. The first kappa shape index (κ1) is 13.8.